The number of alkyl halides is 6. The summed E-state index contributed by atoms with van der Waals surface area (Å²) < 4.78 is 113. The molecule has 2 aromatic heterocycles. The molecular weight excluding hydrogens is 566 g/mol. The van der Waals surface area contributed by atoms with Crippen LogP contribution in [-0.2, 0) is 32.2 Å². The van der Waals surface area contributed by atoms with Crippen molar-refractivity contribution in [2.75, 3.05) is 13.2 Å². The zero-order valence-corrected chi connectivity index (χ0v) is 23.2. The highest BCUT2D eigenvalue weighted by atomic mass is 32.1. The standard InChI is InChI=1S/C27H30F6O4S2/c1-15-19(11-17(38-15)13-36-21-7-3-5-9-34-21)23-24(26(30,31)27(32,33)25(23,28)29)20-12-18(39-16(20)2)14-37-22-8-4-6-10-35-22/h11-12,21-22H,3-10,13-14H2,1-2H3. The lowest BCUT2D eigenvalue weighted by atomic mass is 9.95. The second-order valence-electron chi connectivity index (χ2n) is 10.1. The van der Waals surface area contributed by atoms with Gasteiger partial charge in [0.05, 0.1) is 13.2 Å². The lowest BCUT2D eigenvalue weighted by molar-refractivity contribution is -0.254. The first-order valence-corrected chi connectivity index (χ1v) is 14.6. The molecule has 4 nitrogen and oxygen atoms in total. The van der Waals surface area contributed by atoms with Crippen LogP contribution in [0.1, 0.15) is 69.2 Å². The summed E-state index contributed by atoms with van der Waals surface area (Å²) >= 11 is 2.10. The van der Waals surface area contributed by atoms with Crippen molar-refractivity contribution in [3.05, 3.63) is 42.8 Å². The Balaban J connectivity index is 1.50. The first-order chi connectivity index (χ1) is 18.4. The van der Waals surface area contributed by atoms with Crippen LogP contribution in [0.3, 0.4) is 0 Å². The molecule has 0 N–H and O–H groups in total. The Hall–Kier alpha value is -1.44. The van der Waals surface area contributed by atoms with Crippen molar-refractivity contribution in [2.45, 2.75) is 95.9 Å². The molecule has 216 valence electrons. The number of rotatable bonds is 8. The Kier molecular flexibility index (Phi) is 8.27. The molecule has 4 heterocycles. The molecule has 12 heteroatoms. The smallest absolute Gasteiger partial charge is 0.353 e. The van der Waals surface area contributed by atoms with E-state index >= 15 is 17.6 Å². The Bertz CT molecular complexity index is 1120. The van der Waals surface area contributed by atoms with Gasteiger partial charge < -0.3 is 18.9 Å². The quantitative estimate of drug-likeness (QED) is 0.287. The van der Waals surface area contributed by atoms with Crippen LogP contribution in [0.5, 0.6) is 0 Å². The Morgan fingerprint density at radius 3 is 1.49 bits per heavy atom. The van der Waals surface area contributed by atoms with Gasteiger partial charge in [0.25, 0.3) is 0 Å². The topological polar surface area (TPSA) is 36.9 Å². The summed E-state index contributed by atoms with van der Waals surface area (Å²) in [6.45, 7) is 4.01. The molecule has 2 saturated heterocycles. The van der Waals surface area contributed by atoms with Gasteiger partial charge in [-0.1, -0.05) is 0 Å². The summed E-state index contributed by atoms with van der Waals surface area (Å²) in [5, 5.41) is 0. The number of halogens is 6. The van der Waals surface area contributed by atoms with E-state index < -0.39 is 41.5 Å². The van der Waals surface area contributed by atoms with E-state index in [-0.39, 0.29) is 34.1 Å². The molecule has 2 aromatic rings. The van der Waals surface area contributed by atoms with E-state index in [0.29, 0.717) is 35.8 Å². The van der Waals surface area contributed by atoms with Crippen molar-refractivity contribution in [3.63, 3.8) is 0 Å². The third-order valence-electron chi connectivity index (χ3n) is 7.24. The van der Waals surface area contributed by atoms with E-state index in [0.717, 1.165) is 48.4 Å². The summed E-state index contributed by atoms with van der Waals surface area (Å²) in [6.07, 6.45) is 4.14. The number of aryl methyl sites for hydroxylation is 2. The minimum absolute atomic E-state index is 0.000648. The lowest BCUT2D eigenvalue weighted by Crippen LogP contribution is -2.48. The SMILES string of the molecule is Cc1sc(COC2CCCCO2)cc1C1=C(c2cc(COC3CCCCO3)sc2C)C(F)(F)C(F)(F)C1(F)F. The minimum Gasteiger partial charge on any atom is -0.353 e. The van der Waals surface area contributed by atoms with Gasteiger partial charge in [-0.3, -0.25) is 0 Å². The van der Waals surface area contributed by atoms with Crippen LogP contribution in [-0.4, -0.2) is 43.6 Å². The van der Waals surface area contributed by atoms with Crippen molar-refractivity contribution >= 4 is 33.8 Å². The van der Waals surface area contributed by atoms with Crippen molar-refractivity contribution in [1.82, 2.24) is 0 Å². The van der Waals surface area contributed by atoms with E-state index in [9.17, 15) is 8.78 Å². The summed E-state index contributed by atoms with van der Waals surface area (Å²) in [7, 11) is 0. The fourth-order valence-corrected chi connectivity index (χ4v) is 7.13. The average Bonchev–Trinajstić information content (AvgIpc) is 3.48. The van der Waals surface area contributed by atoms with Crippen LogP contribution in [0, 0.1) is 13.8 Å². The largest absolute Gasteiger partial charge is 0.380 e. The molecule has 5 rings (SSSR count). The first-order valence-electron chi connectivity index (χ1n) is 13.0. The molecule has 0 spiro atoms. The molecule has 0 radical (unpaired) electrons. The van der Waals surface area contributed by atoms with E-state index in [2.05, 4.69) is 0 Å². The van der Waals surface area contributed by atoms with Crippen LogP contribution in [0.2, 0.25) is 0 Å². The number of thiophene rings is 2. The normalized spacial score (nSPS) is 26.4. The Labute approximate surface area is 230 Å². The fourth-order valence-electron chi connectivity index (χ4n) is 5.19. The van der Waals surface area contributed by atoms with Gasteiger partial charge in [-0.2, -0.15) is 26.3 Å². The molecule has 0 bridgehead atoms. The van der Waals surface area contributed by atoms with Crippen LogP contribution < -0.4 is 0 Å². The van der Waals surface area contributed by atoms with Gasteiger partial charge in [0.2, 0.25) is 0 Å². The molecular formula is C27H30F6O4S2. The minimum atomic E-state index is -5.60. The number of hydrogen-bond acceptors (Lipinski definition) is 6. The molecule has 0 aromatic carbocycles. The zero-order chi connectivity index (χ0) is 28.0. The molecule has 2 aliphatic heterocycles. The average molecular weight is 597 g/mol. The lowest BCUT2D eigenvalue weighted by Gasteiger charge is -2.25. The molecule has 2 unspecified atom stereocenters. The molecule has 2 atom stereocenters. The number of allylic oxidation sites excluding steroid dienone is 2. The maximum Gasteiger partial charge on any atom is 0.380 e. The second kappa shape index (κ2) is 11.1. The van der Waals surface area contributed by atoms with Gasteiger partial charge in [0, 0.05) is 43.9 Å². The highest BCUT2D eigenvalue weighted by molar-refractivity contribution is 7.12. The molecule has 0 amide bonds. The fraction of sp³-hybridized carbons (Fsp3) is 0.630. The summed E-state index contributed by atoms with van der Waals surface area (Å²) in [5.74, 6) is -15.8. The van der Waals surface area contributed by atoms with Gasteiger partial charge >= 0.3 is 17.8 Å². The van der Waals surface area contributed by atoms with Gasteiger partial charge in [-0.05, 0) is 75.6 Å². The van der Waals surface area contributed by atoms with Crippen LogP contribution in [0.25, 0.3) is 11.1 Å². The Morgan fingerprint density at radius 2 is 1.13 bits per heavy atom. The summed E-state index contributed by atoms with van der Waals surface area (Å²) in [4.78, 5) is 1.37. The van der Waals surface area contributed by atoms with Gasteiger partial charge in [0.15, 0.2) is 12.6 Å². The molecule has 2 fully saturated rings. The third kappa shape index (κ3) is 5.32. The molecule has 3 aliphatic rings. The predicted octanol–water partition coefficient (Wildman–Crippen LogP) is 8.34. The molecule has 39 heavy (non-hydrogen) atoms. The maximum atomic E-state index is 15.3. The van der Waals surface area contributed by atoms with Crippen LogP contribution >= 0.6 is 22.7 Å². The number of ether oxygens (including phenoxy) is 4. The van der Waals surface area contributed by atoms with Crippen molar-refractivity contribution in [1.29, 1.82) is 0 Å². The van der Waals surface area contributed by atoms with Crippen molar-refractivity contribution in [3.8, 4) is 0 Å². The van der Waals surface area contributed by atoms with Crippen molar-refractivity contribution < 1.29 is 45.3 Å². The van der Waals surface area contributed by atoms with Gasteiger partial charge in [0.1, 0.15) is 0 Å². The highest BCUT2D eigenvalue weighted by Gasteiger charge is 2.80. The van der Waals surface area contributed by atoms with E-state index in [1.807, 2.05) is 0 Å². The Morgan fingerprint density at radius 1 is 0.718 bits per heavy atom. The van der Waals surface area contributed by atoms with Crippen molar-refractivity contribution in [2.24, 2.45) is 0 Å². The predicted molar refractivity (Wildman–Crippen MR) is 137 cm³/mol. The van der Waals surface area contributed by atoms with E-state index in [1.54, 1.807) is 0 Å². The summed E-state index contributed by atoms with van der Waals surface area (Å²) in [6, 6.07) is 2.52. The number of hydrogen-bond donors (Lipinski definition) is 0. The molecule has 1 aliphatic carbocycles. The van der Waals surface area contributed by atoms with Crippen LogP contribution in [0.4, 0.5) is 26.3 Å². The van der Waals surface area contributed by atoms with E-state index in [1.165, 1.54) is 26.0 Å². The zero-order valence-electron chi connectivity index (χ0n) is 21.6. The monoisotopic (exact) mass is 596 g/mol. The maximum absolute atomic E-state index is 15.3. The molecule has 0 saturated carbocycles. The highest BCUT2D eigenvalue weighted by Crippen LogP contribution is 2.65. The van der Waals surface area contributed by atoms with Gasteiger partial charge in [-0.25, -0.2) is 0 Å². The first kappa shape index (κ1) is 29.1. The van der Waals surface area contributed by atoms with E-state index in [4.69, 9.17) is 18.9 Å². The van der Waals surface area contributed by atoms with Gasteiger partial charge in [-0.15, -0.1) is 22.7 Å². The summed E-state index contributed by atoms with van der Waals surface area (Å²) in [5.41, 5.74) is -3.32. The third-order valence-corrected chi connectivity index (χ3v) is 9.29. The second-order valence-corrected chi connectivity index (χ2v) is 12.7. The van der Waals surface area contributed by atoms with Crippen LogP contribution in [0.15, 0.2) is 12.1 Å².